The number of esters is 1. The lowest BCUT2D eigenvalue weighted by Crippen LogP contribution is -2.36. The lowest BCUT2D eigenvalue weighted by Gasteiger charge is -2.23. The van der Waals surface area contributed by atoms with Crippen molar-refractivity contribution in [1.29, 1.82) is 0 Å². The zero-order valence-corrected chi connectivity index (χ0v) is 22.1. The quantitative estimate of drug-likeness (QED) is 0.303. The lowest BCUT2D eigenvalue weighted by atomic mass is 9.98. The van der Waals surface area contributed by atoms with Gasteiger partial charge in [-0.2, -0.15) is 0 Å². The number of methoxy groups -OCH3 is 1. The van der Waals surface area contributed by atoms with Crippen molar-refractivity contribution in [3.05, 3.63) is 89.0 Å². The smallest absolute Gasteiger partial charge is 0.337 e. The number of carbonyl (C=O) groups is 4. The molecule has 10 nitrogen and oxygen atoms in total. The number of fused-ring (bicyclic) bond motifs is 1. The summed E-state index contributed by atoms with van der Waals surface area (Å²) in [6.07, 6.45) is 0. The van der Waals surface area contributed by atoms with Gasteiger partial charge in [-0.1, -0.05) is 36.4 Å². The van der Waals surface area contributed by atoms with Gasteiger partial charge in [0.25, 0.3) is 11.8 Å². The number of primary amides is 1. The molecule has 1 aliphatic rings. The molecular formula is C29H29N5O5. The number of amides is 3. The Morgan fingerprint density at radius 2 is 1.67 bits per heavy atom. The van der Waals surface area contributed by atoms with Crippen LogP contribution in [0.3, 0.4) is 0 Å². The van der Waals surface area contributed by atoms with Crippen LogP contribution in [0.25, 0.3) is 11.3 Å². The Hall–Kier alpha value is -4.96. The standard InChI is InChI=1S/C29H29N5O5/c1-33(2)16-24(35)34(3)23-13-11-19(15-21(23)27(30)36)31-26(17-8-6-5-7-9-17)25-20-12-10-18(29(38)39-4)14-22(20)32-28(25)37/h5-15,31H,16H2,1-4H3,(H2,30,36)(H,32,37)/b26-25+. The minimum Gasteiger partial charge on any atom is -0.465 e. The SMILES string of the molecule is COC(=O)c1ccc2c(c1)NC(=O)/C2=C(/Nc1ccc(N(C)C(=O)CN(C)C)c(C(N)=O)c1)c1ccccc1. The lowest BCUT2D eigenvalue weighted by molar-refractivity contribution is -0.119. The molecule has 3 aromatic rings. The monoisotopic (exact) mass is 527 g/mol. The average molecular weight is 528 g/mol. The summed E-state index contributed by atoms with van der Waals surface area (Å²) in [5.74, 6) is -1.79. The van der Waals surface area contributed by atoms with Gasteiger partial charge in [-0.3, -0.25) is 14.4 Å². The molecule has 3 aromatic carbocycles. The van der Waals surface area contributed by atoms with Gasteiger partial charge in [-0.05, 0) is 50.0 Å². The number of anilines is 3. The van der Waals surface area contributed by atoms with E-state index in [4.69, 9.17) is 10.5 Å². The van der Waals surface area contributed by atoms with Crippen LogP contribution in [-0.4, -0.2) is 63.4 Å². The van der Waals surface area contributed by atoms with E-state index in [0.717, 1.165) is 5.56 Å². The van der Waals surface area contributed by atoms with Crippen molar-refractivity contribution in [2.45, 2.75) is 0 Å². The molecule has 0 fully saturated rings. The van der Waals surface area contributed by atoms with Crippen LogP contribution in [0.15, 0.2) is 66.7 Å². The maximum atomic E-state index is 13.2. The largest absolute Gasteiger partial charge is 0.465 e. The van der Waals surface area contributed by atoms with Gasteiger partial charge in [0.15, 0.2) is 0 Å². The zero-order chi connectivity index (χ0) is 28.3. The highest BCUT2D eigenvalue weighted by Gasteiger charge is 2.29. The number of hydrogen-bond acceptors (Lipinski definition) is 7. The molecule has 3 amide bonds. The summed E-state index contributed by atoms with van der Waals surface area (Å²) in [4.78, 5) is 53.4. The van der Waals surface area contributed by atoms with Gasteiger partial charge in [-0.25, -0.2) is 4.79 Å². The average Bonchev–Trinajstić information content (AvgIpc) is 3.25. The third-order valence-corrected chi connectivity index (χ3v) is 6.22. The van der Waals surface area contributed by atoms with Crippen LogP contribution in [0.5, 0.6) is 0 Å². The fourth-order valence-corrected chi connectivity index (χ4v) is 4.31. The van der Waals surface area contributed by atoms with Gasteiger partial charge in [0.1, 0.15) is 0 Å². The Labute approximate surface area is 226 Å². The van der Waals surface area contributed by atoms with Gasteiger partial charge in [0, 0.05) is 18.3 Å². The van der Waals surface area contributed by atoms with Crippen LogP contribution in [-0.2, 0) is 14.3 Å². The molecule has 0 radical (unpaired) electrons. The Morgan fingerprint density at radius 3 is 2.31 bits per heavy atom. The molecule has 4 N–H and O–H groups in total. The minimum absolute atomic E-state index is 0.144. The Bertz CT molecular complexity index is 1500. The van der Waals surface area contributed by atoms with Crippen LogP contribution < -0.4 is 21.3 Å². The highest BCUT2D eigenvalue weighted by molar-refractivity contribution is 6.37. The van der Waals surface area contributed by atoms with Crippen molar-refractivity contribution in [2.75, 3.05) is 50.3 Å². The Kier molecular flexibility index (Phi) is 7.78. The maximum absolute atomic E-state index is 13.2. The fourth-order valence-electron chi connectivity index (χ4n) is 4.31. The summed E-state index contributed by atoms with van der Waals surface area (Å²) in [6.45, 7) is 0.158. The van der Waals surface area contributed by atoms with E-state index in [1.165, 1.54) is 12.0 Å². The van der Waals surface area contributed by atoms with Crippen molar-refractivity contribution in [2.24, 2.45) is 5.73 Å². The maximum Gasteiger partial charge on any atom is 0.337 e. The molecule has 4 rings (SSSR count). The molecule has 0 unspecified atom stereocenters. The third kappa shape index (κ3) is 5.65. The first-order valence-electron chi connectivity index (χ1n) is 12.1. The molecule has 200 valence electrons. The number of nitrogens with one attached hydrogen (secondary N) is 2. The molecular weight excluding hydrogens is 498 g/mol. The summed E-state index contributed by atoms with van der Waals surface area (Å²) >= 11 is 0. The highest BCUT2D eigenvalue weighted by Crippen LogP contribution is 2.38. The van der Waals surface area contributed by atoms with Gasteiger partial charge in [-0.15, -0.1) is 0 Å². The predicted molar refractivity (Wildman–Crippen MR) is 150 cm³/mol. The fraction of sp³-hybridized carbons (Fsp3) is 0.172. The van der Waals surface area contributed by atoms with E-state index in [2.05, 4.69) is 10.6 Å². The summed E-state index contributed by atoms with van der Waals surface area (Å²) in [5, 5.41) is 6.11. The van der Waals surface area contributed by atoms with Crippen LogP contribution in [0.1, 0.15) is 31.8 Å². The summed E-state index contributed by atoms with van der Waals surface area (Å²) in [7, 11) is 6.43. The van der Waals surface area contributed by atoms with Crippen molar-refractivity contribution >= 4 is 52.0 Å². The van der Waals surface area contributed by atoms with Crippen molar-refractivity contribution < 1.29 is 23.9 Å². The number of nitrogens with two attached hydrogens (primary N) is 1. The first-order chi connectivity index (χ1) is 18.6. The van der Waals surface area contributed by atoms with E-state index in [1.54, 1.807) is 62.4 Å². The number of hydrogen-bond donors (Lipinski definition) is 3. The van der Waals surface area contributed by atoms with Gasteiger partial charge >= 0.3 is 5.97 Å². The van der Waals surface area contributed by atoms with Crippen molar-refractivity contribution in [3.63, 3.8) is 0 Å². The number of benzene rings is 3. The topological polar surface area (TPSA) is 134 Å². The predicted octanol–water partition coefficient (Wildman–Crippen LogP) is 3.03. The summed E-state index contributed by atoms with van der Waals surface area (Å²) in [6, 6.07) is 19.0. The van der Waals surface area contributed by atoms with Crippen molar-refractivity contribution in [3.8, 4) is 0 Å². The number of carbonyl (C=O) groups excluding carboxylic acids is 4. The van der Waals surface area contributed by atoms with Crippen LogP contribution >= 0.6 is 0 Å². The van der Waals surface area contributed by atoms with Gasteiger partial charge < -0.3 is 30.9 Å². The van der Waals surface area contributed by atoms with E-state index < -0.39 is 11.9 Å². The van der Waals surface area contributed by atoms with E-state index in [1.807, 2.05) is 30.3 Å². The van der Waals surface area contributed by atoms with Crippen molar-refractivity contribution in [1.82, 2.24) is 4.90 Å². The normalized spacial score (nSPS) is 13.4. The van der Waals surface area contributed by atoms with E-state index in [0.29, 0.717) is 39.5 Å². The molecule has 10 heteroatoms. The molecule has 1 heterocycles. The van der Waals surface area contributed by atoms with Crippen LogP contribution in [0.4, 0.5) is 17.1 Å². The molecule has 0 aromatic heterocycles. The summed E-state index contributed by atoms with van der Waals surface area (Å²) in [5.41, 5.74) is 9.63. The first kappa shape index (κ1) is 27.1. The number of likely N-dealkylation sites (N-methyl/N-ethyl adjacent to an activating group) is 2. The molecule has 0 aliphatic carbocycles. The number of nitrogens with zero attached hydrogens (tertiary/aromatic N) is 2. The zero-order valence-electron chi connectivity index (χ0n) is 22.1. The molecule has 0 bridgehead atoms. The second kappa shape index (κ2) is 11.2. The minimum atomic E-state index is -0.702. The molecule has 0 spiro atoms. The number of ether oxygens (including phenoxy) is 1. The molecule has 0 saturated heterocycles. The molecule has 0 atom stereocenters. The van der Waals surface area contributed by atoms with E-state index >= 15 is 0 Å². The second-order valence-electron chi connectivity index (χ2n) is 9.23. The van der Waals surface area contributed by atoms with Crippen LogP contribution in [0.2, 0.25) is 0 Å². The van der Waals surface area contributed by atoms with E-state index in [-0.39, 0.29) is 23.9 Å². The van der Waals surface area contributed by atoms with Crippen LogP contribution in [0, 0.1) is 0 Å². The van der Waals surface area contributed by atoms with Gasteiger partial charge in [0.2, 0.25) is 5.91 Å². The molecule has 39 heavy (non-hydrogen) atoms. The Balaban J connectivity index is 1.81. The summed E-state index contributed by atoms with van der Waals surface area (Å²) < 4.78 is 4.80. The third-order valence-electron chi connectivity index (χ3n) is 6.22. The second-order valence-corrected chi connectivity index (χ2v) is 9.23. The van der Waals surface area contributed by atoms with E-state index in [9.17, 15) is 19.2 Å². The first-order valence-corrected chi connectivity index (χ1v) is 12.1. The number of rotatable bonds is 8. The molecule has 1 aliphatic heterocycles. The molecule has 0 saturated carbocycles. The van der Waals surface area contributed by atoms with Gasteiger partial charge in [0.05, 0.1) is 47.4 Å². The highest BCUT2D eigenvalue weighted by atomic mass is 16.5. The Morgan fingerprint density at radius 1 is 0.949 bits per heavy atom.